The van der Waals surface area contributed by atoms with E-state index < -0.39 is 11.5 Å². The van der Waals surface area contributed by atoms with Crippen LogP contribution in [0.3, 0.4) is 0 Å². The molecule has 3 atom stereocenters. The maximum absolute atomic E-state index is 14.4. The van der Waals surface area contributed by atoms with Crippen molar-refractivity contribution in [2.45, 2.75) is 70.8 Å². The Morgan fingerprint density at radius 1 is 1.29 bits per heavy atom. The molecule has 5 heteroatoms. The first-order chi connectivity index (χ1) is 13.2. The van der Waals surface area contributed by atoms with Crippen LogP contribution in [-0.4, -0.2) is 54.2 Å². The molecule has 0 aromatic heterocycles. The molecule has 1 saturated carbocycles. The number of rotatable bonds is 7. The molecule has 0 bridgehead atoms. The molecule has 1 aliphatic carbocycles. The van der Waals surface area contributed by atoms with Crippen LogP contribution in [0.25, 0.3) is 0 Å². The predicted molar refractivity (Wildman–Crippen MR) is 112 cm³/mol. The Kier molecular flexibility index (Phi) is 6.38. The quantitative estimate of drug-likeness (QED) is 0.734. The molecule has 2 aliphatic rings. The van der Waals surface area contributed by atoms with Gasteiger partial charge in [-0.2, -0.15) is 4.39 Å². The molecule has 1 aromatic carbocycles. The first-order valence-electron chi connectivity index (χ1n) is 10.8. The summed E-state index contributed by atoms with van der Waals surface area (Å²) in [5.41, 5.74) is 0.112. The summed E-state index contributed by atoms with van der Waals surface area (Å²) in [7, 11) is 0. The van der Waals surface area contributed by atoms with Gasteiger partial charge in [0.1, 0.15) is 5.75 Å². The van der Waals surface area contributed by atoms with E-state index >= 15 is 0 Å². The number of piperazine rings is 1. The Morgan fingerprint density at radius 2 is 2.00 bits per heavy atom. The maximum Gasteiger partial charge on any atom is 0.245 e. The van der Waals surface area contributed by atoms with E-state index in [1.165, 1.54) is 6.92 Å². The monoisotopic (exact) mass is 392 g/mol. The van der Waals surface area contributed by atoms with Gasteiger partial charge >= 0.3 is 0 Å². The lowest BCUT2D eigenvalue weighted by molar-refractivity contribution is -0.0734. The molecule has 3 unspecified atom stereocenters. The zero-order valence-corrected chi connectivity index (χ0v) is 17.9. The van der Waals surface area contributed by atoms with E-state index in [2.05, 4.69) is 30.1 Å². The third kappa shape index (κ3) is 4.52. The summed E-state index contributed by atoms with van der Waals surface area (Å²) in [6.07, 6.45) is 3.16. The van der Waals surface area contributed by atoms with Crippen LogP contribution in [0.5, 0.6) is 5.75 Å². The zero-order chi connectivity index (χ0) is 20.4. The Labute approximate surface area is 169 Å². The van der Waals surface area contributed by atoms with Crippen molar-refractivity contribution in [1.82, 2.24) is 10.2 Å². The lowest BCUT2D eigenvalue weighted by atomic mass is 9.67. The molecular formula is C23H37FN2O2. The third-order valence-corrected chi connectivity index (χ3v) is 6.98. The number of nitrogens with one attached hydrogen (secondary N) is 1. The normalized spacial score (nSPS) is 28.6. The van der Waals surface area contributed by atoms with Crippen LogP contribution in [0.2, 0.25) is 0 Å². The minimum absolute atomic E-state index is 0.0286. The SMILES string of the molecule is CCC(C)(F)Oc1cccc(C(CN2CCNCC2)C2(O)CCCC2(C)C)c1. The Hall–Kier alpha value is -1.17. The van der Waals surface area contributed by atoms with Gasteiger partial charge in [-0.05, 0) is 42.4 Å². The van der Waals surface area contributed by atoms with Gasteiger partial charge in [-0.3, -0.25) is 0 Å². The van der Waals surface area contributed by atoms with E-state index in [0.29, 0.717) is 12.2 Å². The van der Waals surface area contributed by atoms with Crippen LogP contribution >= 0.6 is 0 Å². The lowest BCUT2D eigenvalue weighted by Crippen LogP contribution is -2.52. The Morgan fingerprint density at radius 3 is 2.61 bits per heavy atom. The van der Waals surface area contributed by atoms with Crippen molar-refractivity contribution >= 4 is 0 Å². The summed E-state index contributed by atoms with van der Waals surface area (Å²) >= 11 is 0. The van der Waals surface area contributed by atoms with Gasteiger partial charge in [-0.1, -0.05) is 32.9 Å². The summed E-state index contributed by atoms with van der Waals surface area (Å²) in [5, 5.41) is 15.3. The van der Waals surface area contributed by atoms with Crippen molar-refractivity contribution in [3.63, 3.8) is 0 Å². The van der Waals surface area contributed by atoms with Crippen LogP contribution in [0, 0.1) is 5.41 Å². The fourth-order valence-corrected chi connectivity index (χ4v) is 4.80. The average Bonchev–Trinajstić information content (AvgIpc) is 2.94. The number of alkyl halides is 1. The number of hydrogen-bond donors (Lipinski definition) is 2. The van der Waals surface area contributed by atoms with Gasteiger partial charge in [0.2, 0.25) is 5.85 Å². The highest BCUT2D eigenvalue weighted by Crippen LogP contribution is 2.53. The van der Waals surface area contributed by atoms with E-state index in [1.807, 2.05) is 18.2 Å². The van der Waals surface area contributed by atoms with Crippen LogP contribution in [0.1, 0.15) is 64.9 Å². The lowest BCUT2D eigenvalue weighted by Gasteiger charge is -2.45. The fourth-order valence-electron chi connectivity index (χ4n) is 4.80. The van der Waals surface area contributed by atoms with Gasteiger partial charge in [0, 0.05) is 52.0 Å². The fraction of sp³-hybridized carbons (Fsp3) is 0.739. The Balaban J connectivity index is 1.92. The third-order valence-electron chi connectivity index (χ3n) is 6.98. The van der Waals surface area contributed by atoms with Crippen molar-refractivity contribution < 1.29 is 14.2 Å². The van der Waals surface area contributed by atoms with Crippen LogP contribution in [-0.2, 0) is 0 Å². The second-order valence-electron chi connectivity index (χ2n) is 9.39. The first-order valence-corrected chi connectivity index (χ1v) is 10.8. The summed E-state index contributed by atoms with van der Waals surface area (Å²) in [5.74, 6) is -1.18. The topological polar surface area (TPSA) is 44.7 Å². The minimum Gasteiger partial charge on any atom is -0.458 e. The molecule has 2 fully saturated rings. The molecule has 1 heterocycles. The highest BCUT2D eigenvalue weighted by Gasteiger charge is 2.53. The Bertz CT molecular complexity index is 658. The van der Waals surface area contributed by atoms with Gasteiger partial charge in [0.15, 0.2) is 0 Å². The number of aliphatic hydroxyl groups is 1. The molecule has 1 aliphatic heterocycles. The molecule has 0 spiro atoms. The summed E-state index contributed by atoms with van der Waals surface area (Å²) < 4.78 is 20.0. The van der Waals surface area contributed by atoms with Crippen molar-refractivity contribution in [2.24, 2.45) is 5.41 Å². The van der Waals surface area contributed by atoms with Gasteiger partial charge in [0.05, 0.1) is 5.60 Å². The molecule has 1 aromatic rings. The van der Waals surface area contributed by atoms with E-state index in [4.69, 9.17) is 4.74 Å². The van der Waals surface area contributed by atoms with E-state index in [1.54, 1.807) is 6.92 Å². The number of nitrogens with zero attached hydrogens (tertiary/aromatic N) is 1. The number of hydrogen-bond acceptors (Lipinski definition) is 4. The maximum atomic E-state index is 14.4. The van der Waals surface area contributed by atoms with Crippen LogP contribution in [0.4, 0.5) is 4.39 Å². The molecule has 0 radical (unpaired) electrons. The molecule has 158 valence electrons. The minimum atomic E-state index is -1.68. The highest BCUT2D eigenvalue weighted by atomic mass is 19.2. The number of benzene rings is 1. The largest absolute Gasteiger partial charge is 0.458 e. The van der Waals surface area contributed by atoms with Gasteiger partial charge in [0.25, 0.3) is 0 Å². The molecular weight excluding hydrogens is 355 g/mol. The molecule has 4 nitrogen and oxygen atoms in total. The second kappa shape index (κ2) is 8.29. The first kappa shape index (κ1) is 21.5. The van der Waals surface area contributed by atoms with E-state index in [-0.39, 0.29) is 11.3 Å². The smallest absolute Gasteiger partial charge is 0.245 e. The van der Waals surface area contributed by atoms with Gasteiger partial charge in [-0.25, -0.2) is 0 Å². The van der Waals surface area contributed by atoms with Crippen molar-refractivity contribution in [1.29, 1.82) is 0 Å². The average molecular weight is 393 g/mol. The van der Waals surface area contributed by atoms with E-state index in [9.17, 15) is 9.50 Å². The summed E-state index contributed by atoms with van der Waals surface area (Å²) in [6, 6.07) is 7.73. The van der Waals surface area contributed by atoms with E-state index in [0.717, 1.165) is 57.5 Å². The standard InChI is InChI=1S/C23H37FN2O2/c1-5-22(4,24)28-19-9-6-8-18(16-19)20(17-26-14-12-25-13-15-26)23(27)11-7-10-21(23,2)3/h6,8-9,16,20,25,27H,5,7,10-15,17H2,1-4H3. The summed E-state index contributed by atoms with van der Waals surface area (Å²) in [6.45, 7) is 12.4. The van der Waals surface area contributed by atoms with Gasteiger partial charge < -0.3 is 20.1 Å². The molecule has 0 amide bonds. The molecule has 1 saturated heterocycles. The highest BCUT2D eigenvalue weighted by molar-refractivity contribution is 5.34. The molecule has 28 heavy (non-hydrogen) atoms. The molecule has 2 N–H and O–H groups in total. The van der Waals surface area contributed by atoms with Crippen LogP contribution in [0.15, 0.2) is 24.3 Å². The van der Waals surface area contributed by atoms with Crippen LogP contribution < -0.4 is 10.1 Å². The zero-order valence-electron chi connectivity index (χ0n) is 17.9. The van der Waals surface area contributed by atoms with Crippen molar-refractivity contribution in [3.8, 4) is 5.75 Å². The molecule has 3 rings (SSSR count). The van der Waals surface area contributed by atoms with Crippen molar-refractivity contribution in [2.75, 3.05) is 32.7 Å². The predicted octanol–water partition coefficient (Wildman–Crippen LogP) is 4.09. The summed E-state index contributed by atoms with van der Waals surface area (Å²) in [4.78, 5) is 2.44. The van der Waals surface area contributed by atoms with Crippen molar-refractivity contribution in [3.05, 3.63) is 29.8 Å². The number of halogens is 1. The number of ether oxygens (including phenoxy) is 1. The second-order valence-corrected chi connectivity index (χ2v) is 9.39. The van der Waals surface area contributed by atoms with Gasteiger partial charge in [-0.15, -0.1) is 0 Å².